The van der Waals surface area contributed by atoms with Gasteiger partial charge in [-0.2, -0.15) is 0 Å². The quantitative estimate of drug-likeness (QED) is 0.548. The molecule has 0 saturated heterocycles. The number of rotatable bonds is 7. The van der Waals surface area contributed by atoms with Crippen molar-refractivity contribution in [3.05, 3.63) is 42.5 Å². The zero-order chi connectivity index (χ0) is 10.9. The SMILES string of the molecule is C=CCc1ccccc1OCCCCN. The van der Waals surface area contributed by atoms with E-state index in [1.807, 2.05) is 24.3 Å². The van der Waals surface area contributed by atoms with E-state index in [1.165, 1.54) is 5.56 Å². The number of allylic oxidation sites excluding steroid dienone is 1. The van der Waals surface area contributed by atoms with E-state index in [0.717, 1.165) is 38.2 Å². The van der Waals surface area contributed by atoms with E-state index in [-0.39, 0.29) is 0 Å². The number of para-hydroxylation sites is 1. The van der Waals surface area contributed by atoms with Crippen LogP contribution in [0.25, 0.3) is 0 Å². The highest BCUT2D eigenvalue weighted by atomic mass is 16.5. The highest BCUT2D eigenvalue weighted by Gasteiger charge is 2.00. The molecule has 2 nitrogen and oxygen atoms in total. The molecule has 0 aliphatic heterocycles. The Hall–Kier alpha value is -1.28. The second kappa shape index (κ2) is 7.07. The summed E-state index contributed by atoms with van der Waals surface area (Å²) in [5, 5.41) is 0. The highest BCUT2D eigenvalue weighted by Crippen LogP contribution is 2.18. The highest BCUT2D eigenvalue weighted by molar-refractivity contribution is 5.34. The minimum absolute atomic E-state index is 0.734. The molecule has 0 atom stereocenters. The molecule has 82 valence electrons. The van der Waals surface area contributed by atoms with Crippen molar-refractivity contribution < 1.29 is 4.74 Å². The van der Waals surface area contributed by atoms with Crippen LogP contribution >= 0.6 is 0 Å². The lowest BCUT2D eigenvalue weighted by molar-refractivity contribution is 0.305. The van der Waals surface area contributed by atoms with E-state index < -0.39 is 0 Å². The molecule has 0 amide bonds. The van der Waals surface area contributed by atoms with Crippen LogP contribution in [0.5, 0.6) is 5.75 Å². The molecule has 1 aromatic carbocycles. The van der Waals surface area contributed by atoms with Crippen molar-refractivity contribution in [1.82, 2.24) is 0 Å². The summed E-state index contributed by atoms with van der Waals surface area (Å²) in [7, 11) is 0. The molecule has 0 saturated carbocycles. The van der Waals surface area contributed by atoms with E-state index in [4.69, 9.17) is 10.5 Å². The number of benzene rings is 1. The van der Waals surface area contributed by atoms with Crippen molar-refractivity contribution in [1.29, 1.82) is 0 Å². The van der Waals surface area contributed by atoms with Gasteiger partial charge in [0.2, 0.25) is 0 Å². The summed E-state index contributed by atoms with van der Waals surface area (Å²) in [6.45, 7) is 5.21. The van der Waals surface area contributed by atoms with Gasteiger partial charge in [0.25, 0.3) is 0 Å². The van der Waals surface area contributed by atoms with Crippen LogP contribution in [0.1, 0.15) is 18.4 Å². The van der Waals surface area contributed by atoms with Crippen LogP contribution in [0.4, 0.5) is 0 Å². The van der Waals surface area contributed by atoms with Crippen LogP contribution in [-0.4, -0.2) is 13.2 Å². The number of unbranched alkanes of at least 4 members (excludes halogenated alkanes) is 1. The summed E-state index contributed by atoms with van der Waals surface area (Å²) < 4.78 is 5.69. The molecule has 0 aliphatic carbocycles. The summed E-state index contributed by atoms with van der Waals surface area (Å²) in [6, 6.07) is 8.08. The maximum Gasteiger partial charge on any atom is 0.122 e. The molecular weight excluding hydrogens is 186 g/mol. The van der Waals surface area contributed by atoms with Gasteiger partial charge in [0, 0.05) is 0 Å². The molecule has 0 spiro atoms. The Morgan fingerprint density at radius 2 is 2.07 bits per heavy atom. The molecule has 0 radical (unpaired) electrons. The van der Waals surface area contributed by atoms with E-state index in [1.54, 1.807) is 0 Å². The normalized spacial score (nSPS) is 9.93. The Morgan fingerprint density at radius 3 is 2.80 bits per heavy atom. The summed E-state index contributed by atoms with van der Waals surface area (Å²) in [4.78, 5) is 0. The Kier molecular flexibility index (Phi) is 5.56. The Morgan fingerprint density at radius 1 is 1.27 bits per heavy atom. The van der Waals surface area contributed by atoms with Crippen LogP contribution in [0.15, 0.2) is 36.9 Å². The van der Waals surface area contributed by atoms with Crippen molar-refractivity contribution in [2.45, 2.75) is 19.3 Å². The first-order chi connectivity index (χ1) is 7.38. The van der Waals surface area contributed by atoms with Crippen molar-refractivity contribution in [2.75, 3.05) is 13.2 Å². The molecule has 0 aliphatic rings. The third-order valence-electron chi connectivity index (χ3n) is 2.19. The third-order valence-corrected chi connectivity index (χ3v) is 2.19. The predicted octanol–water partition coefficient (Wildman–Crippen LogP) is 2.53. The van der Waals surface area contributed by atoms with E-state index in [2.05, 4.69) is 12.6 Å². The van der Waals surface area contributed by atoms with Crippen LogP contribution in [0.2, 0.25) is 0 Å². The maximum absolute atomic E-state index is 5.69. The largest absolute Gasteiger partial charge is 0.493 e. The number of ether oxygens (including phenoxy) is 1. The monoisotopic (exact) mass is 205 g/mol. The van der Waals surface area contributed by atoms with Gasteiger partial charge in [-0.05, 0) is 37.4 Å². The van der Waals surface area contributed by atoms with Crippen molar-refractivity contribution in [2.24, 2.45) is 5.73 Å². The fraction of sp³-hybridized carbons (Fsp3) is 0.385. The van der Waals surface area contributed by atoms with E-state index in [0.29, 0.717) is 0 Å². The Balaban J connectivity index is 2.47. The first kappa shape index (κ1) is 11.8. The lowest BCUT2D eigenvalue weighted by Crippen LogP contribution is -2.04. The molecule has 1 rings (SSSR count). The fourth-order valence-electron chi connectivity index (χ4n) is 1.40. The standard InChI is InChI=1S/C13H19NO/c1-2-7-12-8-3-4-9-13(12)15-11-6-5-10-14/h2-4,8-9H,1,5-7,10-11,14H2. The number of nitrogens with two attached hydrogens (primary N) is 1. The van der Waals surface area contributed by atoms with Gasteiger partial charge >= 0.3 is 0 Å². The maximum atomic E-state index is 5.69. The Bertz CT molecular complexity index is 296. The zero-order valence-corrected chi connectivity index (χ0v) is 9.11. The smallest absolute Gasteiger partial charge is 0.122 e. The van der Waals surface area contributed by atoms with Gasteiger partial charge in [-0.3, -0.25) is 0 Å². The average molecular weight is 205 g/mol. The van der Waals surface area contributed by atoms with Crippen LogP contribution in [0, 0.1) is 0 Å². The summed E-state index contributed by atoms with van der Waals surface area (Å²) >= 11 is 0. The predicted molar refractivity (Wildman–Crippen MR) is 64.1 cm³/mol. The minimum atomic E-state index is 0.734. The second-order valence-electron chi connectivity index (χ2n) is 3.44. The van der Waals surface area contributed by atoms with Gasteiger partial charge in [0.15, 0.2) is 0 Å². The number of hydrogen-bond acceptors (Lipinski definition) is 2. The van der Waals surface area contributed by atoms with E-state index >= 15 is 0 Å². The molecule has 0 bridgehead atoms. The number of hydrogen-bond donors (Lipinski definition) is 1. The molecule has 2 heteroatoms. The lowest BCUT2D eigenvalue weighted by atomic mass is 10.1. The van der Waals surface area contributed by atoms with E-state index in [9.17, 15) is 0 Å². The molecule has 15 heavy (non-hydrogen) atoms. The third kappa shape index (κ3) is 4.17. The van der Waals surface area contributed by atoms with Crippen LogP contribution in [0.3, 0.4) is 0 Å². The molecule has 0 fully saturated rings. The summed E-state index contributed by atoms with van der Waals surface area (Å²) in [5.74, 6) is 0.967. The van der Waals surface area contributed by atoms with Crippen molar-refractivity contribution in [3.8, 4) is 5.75 Å². The first-order valence-electron chi connectivity index (χ1n) is 5.40. The summed E-state index contributed by atoms with van der Waals surface area (Å²) in [6.07, 6.45) is 4.78. The van der Waals surface area contributed by atoms with Gasteiger partial charge in [0.1, 0.15) is 5.75 Å². The zero-order valence-electron chi connectivity index (χ0n) is 9.11. The van der Waals surface area contributed by atoms with Gasteiger partial charge in [-0.1, -0.05) is 24.3 Å². The second-order valence-corrected chi connectivity index (χ2v) is 3.44. The molecular formula is C13H19NO. The fourth-order valence-corrected chi connectivity index (χ4v) is 1.40. The lowest BCUT2D eigenvalue weighted by Gasteiger charge is -2.09. The molecule has 0 aromatic heterocycles. The molecule has 0 heterocycles. The van der Waals surface area contributed by atoms with Crippen LogP contribution in [-0.2, 0) is 6.42 Å². The Labute approximate surface area is 91.7 Å². The van der Waals surface area contributed by atoms with Gasteiger partial charge in [0.05, 0.1) is 6.61 Å². The van der Waals surface area contributed by atoms with Gasteiger partial charge in [-0.25, -0.2) is 0 Å². The topological polar surface area (TPSA) is 35.2 Å². The van der Waals surface area contributed by atoms with Crippen LogP contribution < -0.4 is 10.5 Å². The average Bonchev–Trinajstić information content (AvgIpc) is 2.27. The molecule has 1 aromatic rings. The van der Waals surface area contributed by atoms with Crippen molar-refractivity contribution >= 4 is 0 Å². The first-order valence-corrected chi connectivity index (χ1v) is 5.40. The minimum Gasteiger partial charge on any atom is -0.493 e. The van der Waals surface area contributed by atoms with Gasteiger partial charge in [-0.15, -0.1) is 6.58 Å². The van der Waals surface area contributed by atoms with Gasteiger partial charge < -0.3 is 10.5 Å². The van der Waals surface area contributed by atoms with Crippen molar-refractivity contribution in [3.63, 3.8) is 0 Å². The summed E-state index contributed by atoms with van der Waals surface area (Å²) in [5.41, 5.74) is 6.61. The molecule has 0 unspecified atom stereocenters. The molecule has 2 N–H and O–H groups in total.